The Kier molecular flexibility index (Phi) is 10.3. The van der Waals surface area contributed by atoms with Gasteiger partial charge in [0.15, 0.2) is 0 Å². The molecule has 6 rings (SSSR count). The Morgan fingerprint density at radius 1 is 0.600 bits per heavy atom. The molecule has 1 spiro atoms. The van der Waals surface area contributed by atoms with Crippen LogP contribution in [-0.2, 0) is 64.4 Å². The second-order valence-corrected chi connectivity index (χ2v) is 11.1. The van der Waals surface area contributed by atoms with Crippen LogP contribution in [0.2, 0.25) is 0 Å². The Morgan fingerprint density at radius 3 is 1.53 bits per heavy atom. The minimum atomic E-state index is -1.43. The first-order chi connectivity index (χ1) is 22.2. The number of epoxide rings is 1. The molecule has 0 N–H and O–H groups in total. The zero-order valence-electron chi connectivity index (χ0n) is 25.2. The van der Waals surface area contributed by atoms with Crippen molar-refractivity contribution in [2.75, 3.05) is 13.7 Å². The van der Waals surface area contributed by atoms with Gasteiger partial charge < -0.3 is 33.2 Å². The maximum atomic E-state index is 12.9. The maximum Gasteiger partial charge on any atom is 0.340 e. The lowest BCUT2D eigenvalue weighted by molar-refractivity contribution is -0.304. The van der Waals surface area contributed by atoms with Gasteiger partial charge in [0, 0.05) is 0 Å². The van der Waals surface area contributed by atoms with E-state index in [0.29, 0.717) is 19.8 Å². The van der Waals surface area contributed by atoms with Crippen molar-refractivity contribution in [3.05, 3.63) is 144 Å². The highest BCUT2D eigenvalue weighted by atomic mass is 16.8. The van der Waals surface area contributed by atoms with Crippen molar-refractivity contribution in [2.45, 2.75) is 62.7 Å². The molecule has 4 aromatic rings. The second kappa shape index (κ2) is 14.9. The minimum absolute atomic E-state index is 0.171. The fourth-order valence-electron chi connectivity index (χ4n) is 5.64. The van der Waals surface area contributed by atoms with Crippen molar-refractivity contribution in [3.8, 4) is 0 Å². The highest BCUT2D eigenvalue weighted by molar-refractivity contribution is 5.79. The second-order valence-electron chi connectivity index (χ2n) is 11.1. The van der Waals surface area contributed by atoms with Gasteiger partial charge in [-0.3, -0.25) is 0 Å². The summed E-state index contributed by atoms with van der Waals surface area (Å²) in [6.45, 7) is 1.40. The molecule has 2 saturated heterocycles. The van der Waals surface area contributed by atoms with Crippen molar-refractivity contribution in [3.63, 3.8) is 0 Å². The predicted octanol–water partition coefficient (Wildman–Crippen LogP) is 5.63. The Bertz CT molecular complexity index is 1470. The fourth-order valence-corrected chi connectivity index (χ4v) is 5.64. The van der Waals surface area contributed by atoms with Crippen molar-refractivity contribution in [1.82, 2.24) is 0 Å². The van der Waals surface area contributed by atoms with E-state index in [1.807, 2.05) is 121 Å². The van der Waals surface area contributed by atoms with E-state index >= 15 is 0 Å². The third-order valence-corrected chi connectivity index (χ3v) is 7.98. The SMILES string of the molecule is COC(=O)C1O[C@@]12OC(COCc1ccccc1)[C@H](OCc1ccccc1)[C@@H](OCc1ccccc1)C2OCc1ccccc1. The van der Waals surface area contributed by atoms with Crippen LogP contribution in [0, 0.1) is 0 Å². The van der Waals surface area contributed by atoms with Crippen molar-refractivity contribution in [1.29, 1.82) is 0 Å². The topological polar surface area (TPSA) is 85.0 Å². The lowest BCUT2D eigenvalue weighted by Crippen LogP contribution is -2.64. The number of hydrogen-bond donors (Lipinski definition) is 0. The number of methoxy groups -OCH3 is 1. The summed E-state index contributed by atoms with van der Waals surface area (Å²) in [5.74, 6) is -1.98. The number of hydrogen-bond acceptors (Lipinski definition) is 8. The summed E-state index contributed by atoms with van der Waals surface area (Å²) in [6.07, 6.45) is -3.77. The number of carbonyl (C=O) groups is 1. The van der Waals surface area contributed by atoms with Crippen LogP contribution in [0.25, 0.3) is 0 Å². The number of benzene rings is 4. The molecule has 0 radical (unpaired) electrons. The van der Waals surface area contributed by atoms with Crippen LogP contribution in [-0.4, -0.2) is 56.0 Å². The lowest BCUT2D eigenvalue weighted by atomic mass is 9.92. The number of esters is 1. The van der Waals surface area contributed by atoms with Gasteiger partial charge in [-0.05, 0) is 22.3 Å². The molecule has 2 aliphatic rings. The van der Waals surface area contributed by atoms with Gasteiger partial charge in [0.1, 0.15) is 24.4 Å². The van der Waals surface area contributed by atoms with Crippen molar-refractivity contribution < 1.29 is 38.0 Å². The highest BCUT2D eigenvalue weighted by Gasteiger charge is 2.74. The molecule has 0 amide bonds. The molecule has 0 saturated carbocycles. The van der Waals surface area contributed by atoms with Crippen LogP contribution >= 0.6 is 0 Å². The summed E-state index contributed by atoms with van der Waals surface area (Å²) in [6, 6.07) is 39.5. The molecule has 0 bridgehead atoms. The van der Waals surface area contributed by atoms with E-state index in [0.717, 1.165) is 22.3 Å². The summed E-state index contributed by atoms with van der Waals surface area (Å²) in [7, 11) is 1.33. The van der Waals surface area contributed by atoms with Gasteiger partial charge in [0.05, 0.1) is 40.1 Å². The number of carbonyl (C=O) groups excluding carboxylic acids is 1. The van der Waals surface area contributed by atoms with E-state index in [-0.39, 0.29) is 13.2 Å². The molecular weight excluding hydrogens is 572 g/mol. The van der Waals surface area contributed by atoms with Crippen LogP contribution in [0.4, 0.5) is 0 Å². The van der Waals surface area contributed by atoms with E-state index in [9.17, 15) is 4.79 Å². The first kappa shape index (κ1) is 31.1. The molecule has 8 heteroatoms. The van der Waals surface area contributed by atoms with Crippen molar-refractivity contribution >= 4 is 5.97 Å². The van der Waals surface area contributed by atoms with E-state index < -0.39 is 42.3 Å². The Labute approximate surface area is 263 Å². The molecule has 2 heterocycles. The predicted molar refractivity (Wildman–Crippen MR) is 166 cm³/mol. The molecule has 0 aliphatic carbocycles. The van der Waals surface area contributed by atoms with Crippen LogP contribution in [0.3, 0.4) is 0 Å². The first-order valence-electron chi connectivity index (χ1n) is 15.2. The smallest absolute Gasteiger partial charge is 0.340 e. The Morgan fingerprint density at radius 2 is 1.04 bits per heavy atom. The van der Waals surface area contributed by atoms with Crippen LogP contribution in [0.1, 0.15) is 22.3 Å². The zero-order valence-corrected chi connectivity index (χ0v) is 25.2. The quantitative estimate of drug-likeness (QED) is 0.134. The molecule has 4 aromatic carbocycles. The molecule has 234 valence electrons. The summed E-state index contributed by atoms with van der Waals surface area (Å²) in [5.41, 5.74) is 3.97. The molecule has 45 heavy (non-hydrogen) atoms. The Balaban J connectivity index is 1.32. The van der Waals surface area contributed by atoms with Gasteiger partial charge in [-0.15, -0.1) is 0 Å². The largest absolute Gasteiger partial charge is 0.467 e. The third-order valence-electron chi connectivity index (χ3n) is 7.98. The summed E-state index contributed by atoms with van der Waals surface area (Å²) < 4.78 is 43.9. The zero-order chi connectivity index (χ0) is 30.9. The molecule has 2 fully saturated rings. The standard InChI is InChI=1S/C37H38O8/c1-39-36(38)35-37(45-35)34(43-25-30-20-12-5-13-21-30)33(42-24-29-18-10-4-11-19-29)32(41-23-28-16-8-3-9-17-28)31(44-37)26-40-22-27-14-6-2-7-15-27/h2-21,31-35H,22-26H2,1H3/t31?,32-,33+,34?,35?,37+/m0/s1. The Hall–Kier alpha value is -3.89. The van der Waals surface area contributed by atoms with E-state index in [2.05, 4.69) is 0 Å². The first-order valence-corrected chi connectivity index (χ1v) is 15.2. The lowest BCUT2D eigenvalue weighted by Gasteiger charge is -2.45. The van der Waals surface area contributed by atoms with Gasteiger partial charge in [0.25, 0.3) is 0 Å². The average molecular weight is 611 g/mol. The molecule has 0 aromatic heterocycles. The highest BCUT2D eigenvalue weighted by Crippen LogP contribution is 2.50. The maximum absolute atomic E-state index is 12.9. The normalized spacial score (nSPS) is 25.6. The van der Waals surface area contributed by atoms with Crippen molar-refractivity contribution in [2.24, 2.45) is 0 Å². The monoisotopic (exact) mass is 610 g/mol. The van der Waals surface area contributed by atoms with Crippen LogP contribution < -0.4 is 0 Å². The summed E-state index contributed by atoms with van der Waals surface area (Å²) in [4.78, 5) is 12.9. The third kappa shape index (κ3) is 7.68. The molecule has 8 nitrogen and oxygen atoms in total. The minimum Gasteiger partial charge on any atom is -0.467 e. The van der Waals surface area contributed by atoms with Gasteiger partial charge in [0.2, 0.25) is 11.9 Å². The molecule has 2 aliphatic heterocycles. The molecular formula is C37H38O8. The van der Waals surface area contributed by atoms with Gasteiger partial charge >= 0.3 is 5.97 Å². The number of ether oxygens (including phenoxy) is 7. The number of rotatable bonds is 14. The fraction of sp³-hybridized carbons (Fsp3) is 0.324. The van der Waals surface area contributed by atoms with Gasteiger partial charge in [-0.25, -0.2) is 4.79 Å². The van der Waals surface area contributed by atoms with E-state index in [1.165, 1.54) is 7.11 Å². The van der Waals surface area contributed by atoms with E-state index in [4.69, 9.17) is 33.2 Å². The van der Waals surface area contributed by atoms with Gasteiger partial charge in [-0.2, -0.15) is 0 Å². The summed E-state index contributed by atoms with van der Waals surface area (Å²) in [5, 5.41) is 0. The summed E-state index contributed by atoms with van der Waals surface area (Å²) >= 11 is 0. The van der Waals surface area contributed by atoms with Crippen LogP contribution in [0.15, 0.2) is 121 Å². The molecule has 3 unspecified atom stereocenters. The van der Waals surface area contributed by atoms with Gasteiger partial charge in [-0.1, -0.05) is 121 Å². The van der Waals surface area contributed by atoms with E-state index in [1.54, 1.807) is 0 Å². The average Bonchev–Trinajstić information content (AvgIpc) is 3.81. The molecule has 6 atom stereocenters. The van der Waals surface area contributed by atoms with Crippen LogP contribution in [0.5, 0.6) is 0 Å².